The van der Waals surface area contributed by atoms with Crippen molar-refractivity contribution in [1.82, 2.24) is 15.0 Å². The first kappa shape index (κ1) is 40.5. The molecule has 0 bridgehead atoms. The van der Waals surface area contributed by atoms with Crippen LogP contribution in [0.15, 0.2) is 139 Å². The van der Waals surface area contributed by atoms with Crippen LogP contribution in [0.2, 0.25) is 0 Å². The number of halogens is 2. The fourth-order valence-corrected chi connectivity index (χ4v) is 9.29. The molecule has 0 radical (unpaired) electrons. The lowest BCUT2D eigenvalue weighted by Gasteiger charge is -2.30. The monoisotopic (exact) mass is 870 g/mol. The molecule has 11 nitrogen and oxygen atoms in total. The summed E-state index contributed by atoms with van der Waals surface area (Å²) >= 11 is 10.0. The van der Waals surface area contributed by atoms with E-state index in [0.717, 1.165) is 16.6 Å². The Hall–Kier alpha value is -5.15. The van der Waals surface area contributed by atoms with E-state index in [9.17, 15) is 18.6 Å². The number of hydrogen-bond acceptors (Lipinski definition) is 9. The molecule has 0 saturated heterocycles. The summed E-state index contributed by atoms with van der Waals surface area (Å²) in [5.74, 6) is -0.752. The van der Waals surface area contributed by atoms with Gasteiger partial charge in [-0.1, -0.05) is 123 Å². The minimum absolute atomic E-state index is 0.00374. The van der Waals surface area contributed by atoms with Crippen LogP contribution in [0.25, 0.3) is 11.0 Å². The number of para-hydroxylation sites is 2. The van der Waals surface area contributed by atoms with Crippen LogP contribution in [0.5, 0.6) is 5.75 Å². The molecule has 7 rings (SSSR count). The highest BCUT2D eigenvalue weighted by molar-refractivity contribution is 9.10. The lowest BCUT2D eigenvalue weighted by molar-refractivity contribution is -0.119. The fraction of sp³-hybridized carbons (Fsp3) is 0.171. The largest absolute Gasteiger partial charge is 0.393 e. The Bertz CT molecular complexity index is 2440. The molecule has 286 valence electrons. The zero-order valence-electron chi connectivity index (χ0n) is 30.7. The topological polar surface area (TPSA) is 127 Å². The van der Waals surface area contributed by atoms with Crippen molar-refractivity contribution >= 4 is 94.2 Å². The van der Waals surface area contributed by atoms with Gasteiger partial charge in [0, 0.05) is 29.1 Å². The van der Waals surface area contributed by atoms with Crippen LogP contribution in [0.1, 0.15) is 28.4 Å². The third-order valence-corrected chi connectivity index (χ3v) is 13.2. The second kappa shape index (κ2) is 17.3. The van der Waals surface area contributed by atoms with Crippen LogP contribution in [-0.2, 0) is 26.2 Å². The van der Waals surface area contributed by atoms with Crippen LogP contribution in [-0.4, -0.2) is 58.1 Å². The van der Waals surface area contributed by atoms with E-state index in [1.54, 1.807) is 79.3 Å². The molecule has 3 atom stereocenters. The lowest BCUT2D eigenvalue weighted by Crippen LogP contribution is -2.51. The molecule has 15 heteroatoms. The Morgan fingerprint density at radius 2 is 1.52 bits per heavy atom. The highest BCUT2D eigenvalue weighted by atomic mass is 79.9. The predicted octanol–water partition coefficient (Wildman–Crippen LogP) is 8.46. The minimum atomic E-state index is -1.86. The summed E-state index contributed by atoms with van der Waals surface area (Å²) in [6.45, 7) is 5.54. The van der Waals surface area contributed by atoms with E-state index in [-0.39, 0.29) is 18.2 Å². The zero-order chi connectivity index (χ0) is 40.0. The second-order valence-electron chi connectivity index (χ2n) is 12.9. The molecular weight excluding hydrogens is 836 g/mol. The highest BCUT2D eigenvalue weighted by Gasteiger charge is 2.51. The summed E-state index contributed by atoms with van der Waals surface area (Å²) < 4.78 is 16.1. The number of aryl methyl sites for hydroxylation is 2. The number of hydrogen-bond donors (Lipinski definition) is 0. The van der Waals surface area contributed by atoms with Crippen LogP contribution >= 0.6 is 38.3 Å². The number of alkyl halides is 2. The molecule has 0 spiro atoms. The maximum atomic E-state index is 13.8. The van der Waals surface area contributed by atoms with Gasteiger partial charge in [-0.15, -0.1) is 5.10 Å². The van der Waals surface area contributed by atoms with Crippen molar-refractivity contribution < 1.29 is 22.8 Å². The number of hydrazone groups is 1. The van der Waals surface area contributed by atoms with Gasteiger partial charge in [0.05, 0.1) is 23.5 Å². The van der Waals surface area contributed by atoms with Crippen molar-refractivity contribution in [3.63, 3.8) is 0 Å². The van der Waals surface area contributed by atoms with Crippen molar-refractivity contribution in [1.29, 1.82) is 0 Å². The third kappa shape index (κ3) is 8.78. The third-order valence-electron chi connectivity index (χ3n) is 8.77. The number of benzene rings is 5. The van der Waals surface area contributed by atoms with Crippen LogP contribution in [0.4, 0.5) is 11.4 Å². The first-order chi connectivity index (χ1) is 26.8. The summed E-state index contributed by atoms with van der Waals surface area (Å²) in [5.41, 5.74) is 5.65. The van der Waals surface area contributed by atoms with Gasteiger partial charge in [0.2, 0.25) is 4.21 Å². The first-order valence-corrected chi connectivity index (χ1v) is 20.8. The number of ketones is 1. The van der Waals surface area contributed by atoms with E-state index in [0.29, 0.717) is 44.7 Å². The summed E-state index contributed by atoms with van der Waals surface area (Å²) in [7, 11) is 0.527. The molecule has 5 aromatic carbocycles. The number of fused-ring (bicyclic) bond motifs is 1. The van der Waals surface area contributed by atoms with Gasteiger partial charge >= 0.3 is 0 Å². The number of amides is 2. The number of Topliss-reactive ketones (excluding diaryl/α,β-unsaturated/α-hetero) is 1. The number of anilines is 2. The number of rotatable bonds is 11. The molecule has 6 aromatic rings. The highest BCUT2D eigenvalue weighted by Crippen LogP contribution is 2.42. The van der Waals surface area contributed by atoms with Crippen LogP contribution in [0.3, 0.4) is 0 Å². The van der Waals surface area contributed by atoms with Crippen molar-refractivity contribution in [2.75, 3.05) is 17.0 Å². The standard InChI is InChI=1S/C24H21BrN4O2.C17H15ClN2O3S2/c1-17-9-8-12-19(15-17)28(2)23(31)24(25,22(30)18-10-4-3-5-11-18)16-29-21-14-7-6-13-20(21)26-27-29;1-12-8-10-14(11-9-12)20-16(21)17(18,13(2)19-20)24-25(22)23-15-6-4-3-5-7-15/h3-15H,16H2,1-2H3;3-11H,1-2H3. The predicted molar refractivity (Wildman–Crippen MR) is 228 cm³/mol. The normalized spacial score (nSPS) is 16.6. The SMILES string of the molecule is CC1=NN(c2ccc(C)cc2)C(=O)C1(Cl)SS(=O)Oc1ccccc1.Cc1cccc(N(C)C(=O)C(Br)(Cn2nnc3ccccc32)C(=O)c2ccccc2)c1. The van der Waals surface area contributed by atoms with Gasteiger partial charge in [-0.3, -0.25) is 14.4 Å². The van der Waals surface area contributed by atoms with Gasteiger partial charge < -0.3 is 9.08 Å². The van der Waals surface area contributed by atoms with E-state index in [4.69, 9.17) is 15.8 Å². The van der Waals surface area contributed by atoms with Crippen molar-refractivity contribution in [3.05, 3.63) is 150 Å². The summed E-state index contributed by atoms with van der Waals surface area (Å²) in [6, 6.07) is 39.9. The van der Waals surface area contributed by atoms with Crippen molar-refractivity contribution in [3.8, 4) is 5.75 Å². The Kier molecular flexibility index (Phi) is 12.5. The van der Waals surface area contributed by atoms with Gasteiger partial charge in [-0.05, 0) is 74.9 Å². The maximum absolute atomic E-state index is 13.8. The molecule has 3 unspecified atom stereocenters. The van der Waals surface area contributed by atoms with Gasteiger partial charge in [-0.25, -0.2) is 8.89 Å². The van der Waals surface area contributed by atoms with Gasteiger partial charge in [0.15, 0.2) is 10.1 Å². The molecule has 0 fully saturated rings. The number of carbonyl (C=O) groups is 3. The second-order valence-corrected chi connectivity index (χ2v) is 17.7. The van der Waals surface area contributed by atoms with E-state index < -0.39 is 24.6 Å². The Morgan fingerprint density at radius 1 is 0.875 bits per heavy atom. The summed E-state index contributed by atoms with van der Waals surface area (Å²) in [6.07, 6.45) is 0. The molecule has 0 N–H and O–H groups in total. The fourth-order valence-electron chi connectivity index (χ4n) is 5.69. The summed E-state index contributed by atoms with van der Waals surface area (Å²) in [4.78, 5) is 41.6. The van der Waals surface area contributed by atoms with Crippen molar-refractivity contribution in [2.24, 2.45) is 5.10 Å². The average molecular weight is 872 g/mol. The number of nitrogens with zero attached hydrogens (tertiary/aromatic N) is 6. The van der Waals surface area contributed by atoms with Gasteiger partial charge in [0.25, 0.3) is 21.9 Å². The Balaban J connectivity index is 0.000000194. The lowest BCUT2D eigenvalue weighted by atomic mass is 9.95. The zero-order valence-corrected chi connectivity index (χ0v) is 34.7. The van der Waals surface area contributed by atoms with Crippen molar-refractivity contribution in [2.45, 2.75) is 35.8 Å². The molecule has 2 heterocycles. The smallest absolute Gasteiger partial charge is 0.285 e. The molecule has 2 amide bonds. The van der Waals surface area contributed by atoms with Crippen LogP contribution < -0.4 is 14.1 Å². The van der Waals surface area contributed by atoms with E-state index in [1.807, 2.05) is 86.6 Å². The Labute approximate surface area is 343 Å². The van der Waals surface area contributed by atoms with Crippen LogP contribution in [0, 0.1) is 13.8 Å². The van der Waals surface area contributed by atoms with Gasteiger partial charge in [0.1, 0.15) is 11.3 Å². The average Bonchev–Trinajstić information content (AvgIpc) is 3.71. The molecule has 56 heavy (non-hydrogen) atoms. The molecule has 0 aliphatic carbocycles. The summed E-state index contributed by atoms with van der Waals surface area (Å²) in [5, 5.41) is 13.8. The molecule has 0 saturated carbocycles. The quantitative estimate of drug-likeness (QED) is 0.0550. The number of aromatic nitrogens is 3. The van der Waals surface area contributed by atoms with E-state index in [2.05, 4.69) is 31.3 Å². The maximum Gasteiger partial charge on any atom is 0.285 e. The molecule has 1 aliphatic rings. The van der Waals surface area contributed by atoms with E-state index in [1.165, 1.54) is 9.91 Å². The number of carbonyl (C=O) groups excluding carboxylic acids is 3. The molecule has 1 aliphatic heterocycles. The Morgan fingerprint density at radius 3 is 2.20 bits per heavy atom. The minimum Gasteiger partial charge on any atom is -0.393 e. The molecule has 1 aromatic heterocycles. The van der Waals surface area contributed by atoms with Gasteiger partial charge in [-0.2, -0.15) is 10.1 Å². The molecular formula is C41H36BrClN6O5S2. The van der Waals surface area contributed by atoms with E-state index >= 15 is 0 Å². The first-order valence-electron chi connectivity index (χ1n) is 17.2.